The highest BCUT2D eigenvalue weighted by Crippen LogP contribution is 2.45. The van der Waals surface area contributed by atoms with Gasteiger partial charge in [-0.1, -0.05) is 5.21 Å². The van der Waals surface area contributed by atoms with Crippen LogP contribution >= 0.6 is 15.9 Å². The number of halogens is 1. The molecule has 0 amide bonds. The number of aromatic nitrogens is 4. The molecule has 0 unspecified atom stereocenters. The second-order valence-corrected chi connectivity index (χ2v) is 7.10. The molecule has 25 heavy (non-hydrogen) atoms. The molecule has 8 nitrogen and oxygen atoms in total. The Hall–Kier alpha value is -2.29. The van der Waals surface area contributed by atoms with E-state index in [1.165, 1.54) is 23.7 Å². The SMILES string of the molecule is N/C(=C\c1c(N)[nH]c(C2CC2)c1Br)CCCCn1cc(C(=O)O)nn1. The van der Waals surface area contributed by atoms with Crippen LogP contribution in [0, 0.1) is 0 Å². The minimum atomic E-state index is -1.07. The highest BCUT2D eigenvalue weighted by molar-refractivity contribution is 9.10. The number of aryl methyl sites for hydroxylation is 1. The Bertz CT molecular complexity index is 806. The Morgan fingerprint density at radius 1 is 1.48 bits per heavy atom. The van der Waals surface area contributed by atoms with Crippen LogP contribution in [0.15, 0.2) is 16.4 Å². The largest absolute Gasteiger partial charge is 0.476 e. The van der Waals surface area contributed by atoms with Gasteiger partial charge in [-0.2, -0.15) is 0 Å². The summed E-state index contributed by atoms with van der Waals surface area (Å²) in [5, 5.41) is 16.2. The molecule has 0 aliphatic heterocycles. The molecule has 134 valence electrons. The van der Waals surface area contributed by atoms with Crippen molar-refractivity contribution in [2.45, 2.75) is 44.6 Å². The fourth-order valence-corrected chi connectivity index (χ4v) is 3.44. The van der Waals surface area contributed by atoms with Crippen LogP contribution in [0.25, 0.3) is 6.08 Å². The number of carboxylic acid groups (broad SMARTS) is 1. The lowest BCUT2D eigenvalue weighted by atomic mass is 10.1. The van der Waals surface area contributed by atoms with E-state index >= 15 is 0 Å². The van der Waals surface area contributed by atoms with Crippen molar-refractivity contribution >= 4 is 33.8 Å². The van der Waals surface area contributed by atoms with E-state index in [-0.39, 0.29) is 5.69 Å². The molecule has 1 aliphatic carbocycles. The van der Waals surface area contributed by atoms with Crippen molar-refractivity contribution < 1.29 is 9.90 Å². The van der Waals surface area contributed by atoms with E-state index in [9.17, 15) is 4.79 Å². The quantitative estimate of drug-likeness (QED) is 0.495. The smallest absolute Gasteiger partial charge is 0.358 e. The van der Waals surface area contributed by atoms with Crippen LogP contribution in [0.2, 0.25) is 0 Å². The van der Waals surface area contributed by atoms with Gasteiger partial charge in [-0.15, -0.1) is 5.10 Å². The Labute approximate surface area is 153 Å². The topological polar surface area (TPSA) is 136 Å². The number of aromatic carboxylic acids is 1. The summed E-state index contributed by atoms with van der Waals surface area (Å²) in [5.41, 5.74) is 15.0. The molecule has 0 aromatic carbocycles. The molecule has 1 aliphatic rings. The molecule has 1 fully saturated rings. The van der Waals surface area contributed by atoms with E-state index in [1.807, 2.05) is 6.08 Å². The molecule has 0 spiro atoms. The predicted molar refractivity (Wildman–Crippen MR) is 97.9 cm³/mol. The third kappa shape index (κ3) is 4.22. The second-order valence-electron chi connectivity index (χ2n) is 6.30. The number of anilines is 1. The fourth-order valence-electron chi connectivity index (χ4n) is 2.69. The molecule has 1 saturated carbocycles. The van der Waals surface area contributed by atoms with Crippen LogP contribution in [-0.2, 0) is 6.54 Å². The first kappa shape index (κ1) is 17.5. The van der Waals surface area contributed by atoms with Gasteiger partial charge in [0.2, 0.25) is 0 Å². The minimum absolute atomic E-state index is 0.0429. The summed E-state index contributed by atoms with van der Waals surface area (Å²) in [7, 11) is 0. The number of nitrogen functional groups attached to an aromatic ring is 1. The molecule has 9 heteroatoms. The van der Waals surface area contributed by atoms with E-state index < -0.39 is 5.97 Å². The first-order chi connectivity index (χ1) is 12.0. The molecular formula is C16H21BrN6O2. The van der Waals surface area contributed by atoms with Gasteiger partial charge in [-0.25, -0.2) is 4.79 Å². The zero-order chi connectivity index (χ0) is 18.0. The average Bonchev–Trinajstić information content (AvgIpc) is 3.23. The maximum atomic E-state index is 10.8. The van der Waals surface area contributed by atoms with Gasteiger partial charge in [-0.05, 0) is 54.1 Å². The second kappa shape index (κ2) is 7.30. The molecule has 0 saturated heterocycles. The first-order valence-corrected chi connectivity index (χ1v) is 9.01. The lowest BCUT2D eigenvalue weighted by Crippen LogP contribution is -2.02. The Kier molecular flexibility index (Phi) is 5.12. The van der Waals surface area contributed by atoms with Gasteiger partial charge >= 0.3 is 5.97 Å². The van der Waals surface area contributed by atoms with E-state index in [0.717, 1.165) is 40.7 Å². The van der Waals surface area contributed by atoms with Gasteiger partial charge in [0.15, 0.2) is 5.69 Å². The van der Waals surface area contributed by atoms with Gasteiger partial charge in [0.1, 0.15) is 5.82 Å². The molecule has 6 N–H and O–H groups in total. The average molecular weight is 409 g/mol. The monoisotopic (exact) mass is 408 g/mol. The Morgan fingerprint density at radius 3 is 2.88 bits per heavy atom. The molecule has 3 rings (SSSR count). The number of H-pyrrole nitrogens is 1. The third-order valence-corrected chi connectivity index (χ3v) is 5.06. The van der Waals surface area contributed by atoms with Crippen molar-refractivity contribution in [3.05, 3.63) is 33.3 Å². The summed E-state index contributed by atoms with van der Waals surface area (Å²) >= 11 is 3.62. The number of nitrogens with one attached hydrogen (secondary N) is 1. The summed E-state index contributed by atoms with van der Waals surface area (Å²) in [6, 6.07) is 0. The number of aromatic amines is 1. The van der Waals surface area contributed by atoms with E-state index in [2.05, 4.69) is 31.2 Å². The van der Waals surface area contributed by atoms with Gasteiger partial charge in [0.05, 0.1) is 6.20 Å². The van der Waals surface area contributed by atoms with Crippen LogP contribution in [0.4, 0.5) is 5.82 Å². The van der Waals surface area contributed by atoms with Crippen molar-refractivity contribution in [2.24, 2.45) is 5.73 Å². The van der Waals surface area contributed by atoms with Crippen molar-refractivity contribution in [3.63, 3.8) is 0 Å². The number of allylic oxidation sites excluding steroid dienone is 1. The summed E-state index contributed by atoms with van der Waals surface area (Å²) in [4.78, 5) is 14.0. The molecule has 2 aromatic heterocycles. The first-order valence-electron chi connectivity index (χ1n) is 8.22. The number of rotatable bonds is 8. The van der Waals surface area contributed by atoms with Crippen LogP contribution in [0.5, 0.6) is 0 Å². The number of carbonyl (C=O) groups is 1. The van der Waals surface area contributed by atoms with Gasteiger partial charge in [0.25, 0.3) is 0 Å². The summed E-state index contributed by atoms with van der Waals surface area (Å²) in [5.74, 6) is 0.151. The molecule has 2 heterocycles. The molecule has 0 bridgehead atoms. The summed E-state index contributed by atoms with van der Waals surface area (Å²) in [6.07, 6.45) is 8.16. The van der Waals surface area contributed by atoms with Gasteiger partial charge < -0.3 is 21.6 Å². The maximum Gasteiger partial charge on any atom is 0.358 e. The van der Waals surface area contributed by atoms with Crippen molar-refractivity contribution in [1.29, 1.82) is 0 Å². The lowest BCUT2D eigenvalue weighted by molar-refractivity contribution is 0.0690. The van der Waals surface area contributed by atoms with Crippen LogP contribution in [-0.4, -0.2) is 31.1 Å². The number of unbranched alkanes of at least 4 members (excludes halogenated alkanes) is 1. The fraction of sp³-hybridized carbons (Fsp3) is 0.438. The van der Waals surface area contributed by atoms with Gasteiger partial charge in [-0.3, -0.25) is 4.68 Å². The molecular weight excluding hydrogens is 388 g/mol. The third-order valence-electron chi connectivity index (χ3n) is 4.21. The van der Waals surface area contributed by atoms with Crippen LogP contribution in [0.3, 0.4) is 0 Å². The van der Waals surface area contributed by atoms with E-state index in [4.69, 9.17) is 16.6 Å². The van der Waals surface area contributed by atoms with Gasteiger partial charge in [0, 0.05) is 33.9 Å². The van der Waals surface area contributed by atoms with Crippen LogP contribution in [0.1, 0.15) is 59.8 Å². The lowest BCUT2D eigenvalue weighted by Gasteiger charge is -2.03. The van der Waals surface area contributed by atoms with Crippen LogP contribution < -0.4 is 11.5 Å². The molecule has 0 radical (unpaired) electrons. The highest BCUT2D eigenvalue weighted by Gasteiger charge is 2.29. The normalized spacial score (nSPS) is 14.8. The minimum Gasteiger partial charge on any atom is -0.476 e. The number of carboxylic acids is 1. The molecule has 2 aromatic rings. The Balaban J connectivity index is 1.51. The van der Waals surface area contributed by atoms with E-state index in [0.29, 0.717) is 18.3 Å². The number of hydrogen-bond acceptors (Lipinski definition) is 5. The Morgan fingerprint density at radius 2 is 2.24 bits per heavy atom. The van der Waals surface area contributed by atoms with Crippen molar-refractivity contribution in [1.82, 2.24) is 20.0 Å². The zero-order valence-electron chi connectivity index (χ0n) is 13.7. The standard InChI is InChI=1S/C16H21BrN6O2/c17-13-11(15(19)20-14(13)9-4-5-9)7-10(18)3-1-2-6-23-8-12(16(24)25)21-22-23/h7-9,20H,1-6,18-19H2,(H,24,25)/b10-7-. The van der Waals surface area contributed by atoms with E-state index in [1.54, 1.807) is 0 Å². The predicted octanol–water partition coefficient (Wildman–Crippen LogP) is 2.70. The van der Waals surface area contributed by atoms with Crippen molar-refractivity contribution in [2.75, 3.05) is 5.73 Å². The molecule has 0 atom stereocenters. The zero-order valence-corrected chi connectivity index (χ0v) is 15.3. The van der Waals surface area contributed by atoms with Crippen molar-refractivity contribution in [3.8, 4) is 0 Å². The summed E-state index contributed by atoms with van der Waals surface area (Å²) < 4.78 is 2.55. The summed E-state index contributed by atoms with van der Waals surface area (Å²) in [6.45, 7) is 0.607. The number of nitrogens with two attached hydrogens (primary N) is 2. The number of nitrogens with zero attached hydrogens (tertiary/aromatic N) is 3. The number of hydrogen-bond donors (Lipinski definition) is 4. The highest BCUT2D eigenvalue weighted by atomic mass is 79.9. The maximum absolute atomic E-state index is 10.8.